The fourth-order valence-electron chi connectivity index (χ4n) is 5.18. The Bertz CT molecular complexity index is 866. The van der Waals surface area contributed by atoms with Crippen LogP contribution in [0.3, 0.4) is 0 Å². The molecule has 0 spiro atoms. The smallest absolute Gasteiger partial charge is 0.339 e. The average Bonchev–Trinajstić information content (AvgIpc) is 3.21. The molecule has 0 aromatic heterocycles. The molecule has 3 aliphatic rings. The van der Waals surface area contributed by atoms with Crippen LogP contribution in [-0.4, -0.2) is 30.1 Å². The molecule has 162 valence electrons. The summed E-state index contributed by atoms with van der Waals surface area (Å²) in [4.78, 5) is 13.2. The molecule has 2 heterocycles. The summed E-state index contributed by atoms with van der Waals surface area (Å²) in [6, 6.07) is 4.12. The third-order valence-electron chi connectivity index (χ3n) is 6.54. The largest absolute Gasteiger partial charge is 0.458 e. The third-order valence-corrected chi connectivity index (χ3v) is 6.54. The molecule has 0 bridgehead atoms. The van der Waals surface area contributed by atoms with E-state index >= 15 is 0 Å². The molecule has 1 aromatic rings. The van der Waals surface area contributed by atoms with Crippen LogP contribution in [-0.2, 0) is 14.2 Å². The highest BCUT2D eigenvalue weighted by Crippen LogP contribution is 2.36. The standard InChI is InChI=1S/C26H34O4/c1-16-14-18(3)23-20(15-16)9-7-11-22-24(30-26(4,5)29-22)17(2)12-13-19-8-6-10-21(19)28-25(23)27/h7,9,12-15,17,19,21-22,24H,6,8,10-11H2,1-5H3/b9-7+,13-12-/t17?,19-,21+,22-,24+/m0/s1. The van der Waals surface area contributed by atoms with Crippen LogP contribution in [0.25, 0.3) is 6.08 Å². The zero-order valence-corrected chi connectivity index (χ0v) is 18.8. The number of carbonyl (C=O) groups excluding carboxylic acids is 1. The van der Waals surface area contributed by atoms with Crippen LogP contribution in [0.4, 0.5) is 0 Å². The minimum atomic E-state index is -0.584. The van der Waals surface area contributed by atoms with Crippen LogP contribution in [0.5, 0.6) is 0 Å². The van der Waals surface area contributed by atoms with Crippen LogP contribution in [0.2, 0.25) is 0 Å². The van der Waals surface area contributed by atoms with E-state index in [4.69, 9.17) is 14.2 Å². The van der Waals surface area contributed by atoms with E-state index in [0.717, 1.165) is 42.4 Å². The van der Waals surface area contributed by atoms with E-state index < -0.39 is 5.79 Å². The van der Waals surface area contributed by atoms with Gasteiger partial charge in [0, 0.05) is 11.8 Å². The lowest BCUT2D eigenvalue weighted by molar-refractivity contribution is -0.148. The number of aryl methyl sites for hydroxylation is 2. The number of hydrogen-bond donors (Lipinski definition) is 0. The van der Waals surface area contributed by atoms with E-state index in [1.165, 1.54) is 0 Å². The molecular weight excluding hydrogens is 376 g/mol. The van der Waals surface area contributed by atoms with E-state index in [-0.39, 0.29) is 36.1 Å². The maximum atomic E-state index is 13.2. The van der Waals surface area contributed by atoms with Crippen molar-refractivity contribution in [3.63, 3.8) is 0 Å². The molecule has 4 rings (SSSR count). The monoisotopic (exact) mass is 410 g/mol. The van der Waals surface area contributed by atoms with Gasteiger partial charge in [-0.2, -0.15) is 0 Å². The van der Waals surface area contributed by atoms with Crippen LogP contribution in [0.1, 0.15) is 73.5 Å². The molecule has 4 nitrogen and oxygen atoms in total. The summed E-state index contributed by atoms with van der Waals surface area (Å²) in [7, 11) is 0. The van der Waals surface area contributed by atoms with Gasteiger partial charge in [-0.15, -0.1) is 0 Å². The van der Waals surface area contributed by atoms with Gasteiger partial charge in [0.15, 0.2) is 5.79 Å². The molecule has 1 aromatic carbocycles. The zero-order valence-electron chi connectivity index (χ0n) is 18.8. The quantitative estimate of drug-likeness (QED) is 0.403. The van der Waals surface area contributed by atoms with Gasteiger partial charge in [-0.25, -0.2) is 4.79 Å². The lowest BCUT2D eigenvalue weighted by Crippen LogP contribution is -2.29. The number of ether oxygens (including phenoxy) is 3. The Balaban J connectivity index is 1.73. The molecule has 0 N–H and O–H groups in total. The Morgan fingerprint density at radius 2 is 1.83 bits per heavy atom. The normalized spacial score (nSPS) is 35.5. The summed E-state index contributed by atoms with van der Waals surface area (Å²) >= 11 is 0. The molecule has 1 unspecified atom stereocenters. The first-order valence-electron chi connectivity index (χ1n) is 11.3. The molecule has 30 heavy (non-hydrogen) atoms. The number of benzene rings is 1. The molecule has 2 aliphatic heterocycles. The number of esters is 1. The fourth-order valence-corrected chi connectivity index (χ4v) is 5.18. The number of fused-ring (bicyclic) bond motifs is 3. The molecule has 0 radical (unpaired) electrons. The minimum Gasteiger partial charge on any atom is -0.458 e. The van der Waals surface area contributed by atoms with Gasteiger partial charge in [0.05, 0.1) is 17.8 Å². The predicted molar refractivity (Wildman–Crippen MR) is 118 cm³/mol. The van der Waals surface area contributed by atoms with Gasteiger partial charge < -0.3 is 14.2 Å². The molecule has 1 aliphatic carbocycles. The van der Waals surface area contributed by atoms with E-state index in [9.17, 15) is 4.79 Å². The molecule has 5 atom stereocenters. The van der Waals surface area contributed by atoms with E-state index in [1.807, 2.05) is 26.8 Å². The van der Waals surface area contributed by atoms with Gasteiger partial charge in [0.1, 0.15) is 6.10 Å². The Labute approximate surface area is 180 Å². The summed E-state index contributed by atoms with van der Waals surface area (Å²) in [5.74, 6) is -0.305. The van der Waals surface area contributed by atoms with Crippen molar-refractivity contribution in [2.45, 2.75) is 84.4 Å². The maximum Gasteiger partial charge on any atom is 0.339 e. The summed E-state index contributed by atoms with van der Waals surface area (Å²) in [6.45, 7) is 10.2. The first-order chi connectivity index (χ1) is 14.2. The van der Waals surface area contributed by atoms with Crippen LogP contribution in [0.15, 0.2) is 30.4 Å². The average molecular weight is 411 g/mol. The number of carbonyl (C=O) groups is 1. The van der Waals surface area contributed by atoms with Crippen molar-refractivity contribution in [2.24, 2.45) is 11.8 Å². The third kappa shape index (κ3) is 4.40. The Hall–Kier alpha value is -1.91. The molecular formula is C26H34O4. The Morgan fingerprint density at radius 1 is 1.03 bits per heavy atom. The summed E-state index contributed by atoms with van der Waals surface area (Å²) in [6.07, 6.45) is 12.3. The van der Waals surface area contributed by atoms with Crippen molar-refractivity contribution in [2.75, 3.05) is 0 Å². The first-order valence-corrected chi connectivity index (χ1v) is 11.3. The van der Waals surface area contributed by atoms with Crippen molar-refractivity contribution in [1.82, 2.24) is 0 Å². The van der Waals surface area contributed by atoms with Crippen molar-refractivity contribution in [3.05, 3.63) is 52.6 Å². The second-order valence-electron chi connectivity index (χ2n) is 9.61. The molecule has 2 fully saturated rings. The number of hydrogen-bond acceptors (Lipinski definition) is 4. The van der Waals surface area contributed by atoms with Gasteiger partial charge in [0.2, 0.25) is 0 Å². The summed E-state index contributed by atoms with van der Waals surface area (Å²) in [5, 5.41) is 0. The van der Waals surface area contributed by atoms with Crippen LogP contribution >= 0.6 is 0 Å². The van der Waals surface area contributed by atoms with E-state index in [0.29, 0.717) is 5.56 Å². The van der Waals surface area contributed by atoms with E-state index in [1.54, 1.807) is 0 Å². The Morgan fingerprint density at radius 3 is 2.63 bits per heavy atom. The maximum absolute atomic E-state index is 13.2. The van der Waals surface area contributed by atoms with E-state index in [2.05, 4.69) is 44.2 Å². The van der Waals surface area contributed by atoms with Crippen LogP contribution in [0, 0.1) is 25.7 Å². The van der Waals surface area contributed by atoms with Gasteiger partial charge in [-0.3, -0.25) is 0 Å². The molecule has 4 heteroatoms. The van der Waals surface area contributed by atoms with Crippen molar-refractivity contribution in [3.8, 4) is 0 Å². The van der Waals surface area contributed by atoms with Gasteiger partial charge >= 0.3 is 5.97 Å². The van der Waals surface area contributed by atoms with Gasteiger partial charge in [0.25, 0.3) is 0 Å². The second kappa shape index (κ2) is 8.32. The lowest BCUT2D eigenvalue weighted by Gasteiger charge is -2.23. The van der Waals surface area contributed by atoms with Gasteiger partial charge in [-0.1, -0.05) is 48.9 Å². The Kier molecular flexibility index (Phi) is 5.91. The molecule has 1 saturated heterocycles. The van der Waals surface area contributed by atoms with Crippen LogP contribution < -0.4 is 0 Å². The highest BCUT2D eigenvalue weighted by Gasteiger charge is 2.42. The highest BCUT2D eigenvalue weighted by atomic mass is 16.8. The van der Waals surface area contributed by atoms with Crippen molar-refractivity contribution >= 4 is 12.0 Å². The predicted octanol–water partition coefficient (Wildman–Crippen LogP) is 5.76. The summed E-state index contributed by atoms with van der Waals surface area (Å²) in [5.41, 5.74) is 3.70. The molecule has 1 saturated carbocycles. The van der Waals surface area contributed by atoms with Gasteiger partial charge in [-0.05, 0) is 64.5 Å². The SMILES string of the molecule is Cc1cc(C)c2c(c1)/C=C/C[C@@H]1OC(C)(C)O[C@@H]1C(C)/C=C\[C@@H]1CCC[C@H]1OC2=O. The zero-order chi connectivity index (χ0) is 21.5. The fraction of sp³-hybridized carbons (Fsp3) is 0.577. The summed E-state index contributed by atoms with van der Waals surface area (Å²) < 4.78 is 18.5. The molecule has 0 amide bonds. The number of rotatable bonds is 0. The topological polar surface area (TPSA) is 44.8 Å². The minimum absolute atomic E-state index is 0.00459. The highest BCUT2D eigenvalue weighted by molar-refractivity contribution is 5.95. The van der Waals surface area contributed by atoms with Crippen molar-refractivity contribution in [1.29, 1.82) is 0 Å². The second-order valence-corrected chi connectivity index (χ2v) is 9.61. The first kappa shape index (κ1) is 21.3. The van der Waals surface area contributed by atoms with Crippen molar-refractivity contribution < 1.29 is 19.0 Å². The lowest BCUT2D eigenvalue weighted by atomic mass is 9.93.